The molecule has 0 bridgehead atoms. The summed E-state index contributed by atoms with van der Waals surface area (Å²) in [4.78, 5) is 13.0. The Hall–Kier alpha value is -1.62. The van der Waals surface area contributed by atoms with Gasteiger partial charge in [-0.05, 0) is 34.3 Å². The summed E-state index contributed by atoms with van der Waals surface area (Å²) in [7, 11) is 0. The number of hydrogen-bond donors (Lipinski definition) is 0. The highest BCUT2D eigenvalue weighted by Gasteiger charge is 2.36. The Bertz CT molecular complexity index is 618. The molecule has 3 rings (SSSR count). The fourth-order valence-electron chi connectivity index (χ4n) is 2.14. The fraction of sp³-hybridized carbons (Fsp3) is 0.286. The zero-order chi connectivity index (χ0) is 13.4. The summed E-state index contributed by atoms with van der Waals surface area (Å²) in [6.45, 7) is 0.406. The molecule has 19 heavy (non-hydrogen) atoms. The van der Waals surface area contributed by atoms with Gasteiger partial charge < -0.3 is 5.21 Å². The number of benzene rings is 1. The molecule has 1 heterocycles. The van der Waals surface area contributed by atoms with E-state index in [-0.39, 0.29) is 11.7 Å². The summed E-state index contributed by atoms with van der Waals surface area (Å²) in [5.41, 5.74) is 1.49. The van der Waals surface area contributed by atoms with Crippen molar-refractivity contribution in [2.75, 3.05) is 0 Å². The Balaban J connectivity index is 1.98. The summed E-state index contributed by atoms with van der Waals surface area (Å²) in [5, 5.41) is 11.9. The molecule has 0 spiro atoms. The van der Waals surface area contributed by atoms with Gasteiger partial charge >= 0.3 is 0 Å². The third-order valence-electron chi connectivity index (χ3n) is 3.30. The van der Waals surface area contributed by atoms with Crippen molar-refractivity contribution in [1.82, 2.24) is 4.68 Å². The molecule has 1 aromatic heterocycles. The molecule has 0 aliphatic heterocycles. The Labute approximate surface area is 119 Å². The van der Waals surface area contributed by atoms with Crippen LogP contribution in [0.25, 0.3) is 0 Å². The monoisotopic (exact) mass is 320 g/mol. The van der Waals surface area contributed by atoms with Gasteiger partial charge in [-0.25, -0.2) is 0 Å². The molecule has 1 saturated carbocycles. The van der Waals surface area contributed by atoms with Crippen molar-refractivity contribution in [3.05, 3.63) is 57.5 Å². The number of Topliss-reactive ketones (excluding diaryl/α,β-unsaturated/α-hetero) is 1. The van der Waals surface area contributed by atoms with E-state index in [1.165, 1.54) is 10.9 Å². The van der Waals surface area contributed by atoms with E-state index in [9.17, 15) is 10.0 Å². The van der Waals surface area contributed by atoms with E-state index in [1.807, 2.05) is 30.3 Å². The van der Waals surface area contributed by atoms with Crippen LogP contribution in [0.3, 0.4) is 0 Å². The number of ketones is 1. The first-order chi connectivity index (χ1) is 9.16. The number of hydrogen-bond acceptors (Lipinski definition) is 2. The van der Waals surface area contributed by atoms with Gasteiger partial charge in [0.2, 0.25) is 6.20 Å². The van der Waals surface area contributed by atoms with Gasteiger partial charge in [-0.1, -0.05) is 35.2 Å². The lowest BCUT2D eigenvalue weighted by Gasteiger charge is -2.07. The van der Waals surface area contributed by atoms with Gasteiger partial charge in [0.1, 0.15) is 11.0 Å². The van der Waals surface area contributed by atoms with Crippen molar-refractivity contribution in [3.8, 4) is 0 Å². The molecule has 0 radical (unpaired) electrons. The summed E-state index contributed by atoms with van der Waals surface area (Å²) >= 11 is 3.32. The molecule has 1 fully saturated rings. The van der Waals surface area contributed by atoms with Gasteiger partial charge in [0.25, 0.3) is 0 Å². The molecule has 5 heteroatoms. The number of carbonyl (C=O) groups excluding carboxylic acids is 1. The predicted molar refractivity (Wildman–Crippen MR) is 73.7 cm³/mol. The second kappa shape index (κ2) is 4.81. The van der Waals surface area contributed by atoms with Crippen LogP contribution in [0.1, 0.15) is 28.9 Å². The largest absolute Gasteiger partial charge is 0.596 e. The molecule has 2 aromatic rings. The van der Waals surface area contributed by atoms with E-state index in [1.54, 1.807) is 0 Å². The molecule has 0 N–H and O–H groups in total. The normalized spacial score (nSPS) is 14.6. The molecular weight excluding hydrogens is 308 g/mol. The van der Waals surface area contributed by atoms with Crippen LogP contribution in [0.5, 0.6) is 0 Å². The molecule has 1 aliphatic carbocycles. The van der Waals surface area contributed by atoms with Crippen LogP contribution >= 0.6 is 15.9 Å². The summed E-state index contributed by atoms with van der Waals surface area (Å²) in [5.74, 6) is 0.165. The van der Waals surface area contributed by atoms with E-state index in [2.05, 4.69) is 15.9 Å². The average Bonchev–Trinajstić information content (AvgIpc) is 3.19. The van der Waals surface area contributed by atoms with Gasteiger partial charge in [0.15, 0.2) is 11.5 Å². The van der Waals surface area contributed by atoms with Gasteiger partial charge in [-0.2, -0.15) is 0 Å². The molecule has 1 aromatic carbocycles. The van der Waals surface area contributed by atoms with Crippen molar-refractivity contribution in [2.24, 2.45) is 5.92 Å². The first-order valence-electron chi connectivity index (χ1n) is 6.23. The molecule has 0 amide bonds. The highest BCUT2D eigenvalue weighted by atomic mass is 79.9. The van der Waals surface area contributed by atoms with E-state index in [0.29, 0.717) is 16.7 Å². The van der Waals surface area contributed by atoms with Crippen LogP contribution in [0, 0.1) is 11.1 Å². The third kappa shape index (κ3) is 2.42. The van der Waals surface area contributed by atoms with E-state index in [0.717, 1.165) is 23.3 Å². The van der Waals surface area contributed by atoms with Crippen molar-refractivity contribution < 1.29 is 9.64 Å². The minimum Gasteiger partial charge on any atom is -0.596 e. The SMILES string of the molecule is O=C(c1c(Br)c[n+]([O-])n1Cc1ccccc1)C1CC1. The quantitative estimate of drug-likeness (QED) is 0.494. The summed E-state index contributed by atoms with van der Waals surface area (Å²) in [6, 6.07) is 9.66. The van der Waals surface area contributed by atoms with Crippen LogP contribution < -0.4 is 4.85 Å². The van der Waals surface area contributed by atoms with Crippen LogP contribution in [0.2, 0.25) is 0 Å². The zero-order valence-electron chi connectivity index (χ0n) is 10.3. The van der Waals surface area contributed by atoms with Crippen molar-refractivity contribution in [3.63, 3.8) is 0 Å². The lowest BCUT2D eigenvalue weighted by Crippen LogP contribution is -2.38. The minimum atomic E-state index is 0.0670. The lowest BCUT2D eigenvalue weighted by molar-refractivity contribution is -0.693. The van der Waals surface area contributed by atoms with Gasteiger partial charge in [-0.15, -0.1) is 4.68 Å². The van der Waals surface area contributed by atoms with E-state index >= 15 is 0 Å². The highest BCUT2D eigenvalue weighted by molar-refractivity contribution is 9.10. The topological polar surface area (TPSA) is 48.9 Å². The Morgan fingerprint density at radius 2 is 2.05 bits per heavy atom. The second-order valence-corrected chi connectivity index (χ2v) is 5.66. The average molecular weight is 321 g/mol. The molecule has 98 valence electrons. The third-order valence-corrected chi connectivity index (χ3v) is 3.88. The minimum absolute atomic E-state index is 0.0670. The number of nitrogens with zero attached hydrogens (tertiary/aromatic N) is 2. The number of aromatic nitrogens is 2. The Kier molecular flexibility index (Phi) is 3.14. The number of carbonyl (C=O) groups is 1. The van der Waals surface area contributed by atoms with Crippen molar-refractivity contribution in [1.29, 1.82) is 0 Å². The second-order valence-electron chi connectivity index (χ2n) is 4.81. The number of rotatable bonds is 4. The molecule has 4 nitrogen and oxygen atoms in total. The maximum absolute atomic E-state index is 12.2. The standard InChI is InChI=1S/C14H13BrN2O2/c15-12-9-17(19)16(8-10-4-2-1-3-5-10)13(12)14(18)11-6-7-11/h1-5,9,11H,6-8H2. The Morgan fingerprint density at radius 1 is 1.37 bits per heavy atom. The van der Waals surface area contributed by atoms with Crippen molar-refractivity contribution in [2.45, 2.75) is 19.4 Å². The molecular formula is C14H13BrN2O2. The van der Waals surface area contributed by atoms with Crippen LogP contribution in [-0.2, 0) is 6.54 Å². The zero-order valence-corrected chi connectivity index (χ0v) is 11.8. The molecule has 0 unspecified atom stereocenters. The Morgan fingerprint density at radius 3 is 2.68 bits per heavy atom. The highest BCUT2D eigenvalue weighted by Crippen LogP contribution is 2.34. The first kappa shape index (κ1) is 12.4. The maximum atomic E-state index is 12.2. The first-order valence-corrected chi connectivity index (χ1v) is 7.02. The van der Waals surface area contributed by atoms with Gasteiger partial charge in [0, 0.05) is 5.92 Å². The van der Waals surface area contributed by atoms with E-state index < -0.39 is 0 Å². The summed E-state index contributed by atoms with van der Waals surface area (Å²) < 4.78 is 2.07. The lowest BCUT2D eigenvalue weighted by atomic mass is 10.2. The fourth-order valence-corrected chi connectivity index (χ4v) is 2.71. The number of halogens is 1. The maximum Gasteiger partial charge on any atom is 0.224 e. The molecule has 0 saturated heterocycles. The van der Waals surface area contributed by atoms with Crippen LogP contribution in [0.4, 0.5) is 0 Å². The molecule has 0 atom stereocenters. The van der Waals surface area contributed by atoms with E-state index in [4.69, 9.17) is 0 Å². The van der Waals surface area contributed by atoms with Gasteiger partial charge in [-0.3, -0.25) is 4.79 Å². The summed E-state index contributed by atoms with van der Waals surface area (Å²) in [6.07, 6.45) is 3.26. The van der Waals surface area contributed by atoms with Crippen LogP contribution in [-0.4, -0.2) is 10.5 Å². The smallest absolute Gasteiger partial charge is 0.224 e. The van der Waals surface area contributed by atoms with Gasteiger partial charge in [0.05, 0.1) is 0 Å². The molecule has 1 aliphatic rings. The predicted octanol–water partition coefficient (Wildman–Crippen LogP) is 2.53. The van der Waals surface area contributed by atoms with Crippen LogP contribution in [0.15, 0.2) is 41.0 Å². The van der Waals surface area contributed by atoms with Crippen molar-refractivity contribution >= 4 is 21.7 Å².